The molecular formula is C3H7ClNa. The average molecular weight is 102 g/mol. The maximum Gasteiger partial charge on any atom is 0.0220 e. The average Bonchev–Trinajstić information content (AvgIpc) is 1.37. The van der Waals surface area contributed by atoms with E-state index in [1.807, 2.05) is 6.92 Å². The summed E-state index contributed by atoms with van der Waals surface area (Å²) in [5.41, 5.74) is 0. The van der Waals surface area contributed by atoms with Crippen molar-refractivity contribution in [2.75, 3.05) is 5.88 Å². The molecule has 0 aromatic carbocycles. The first-order chi connectivity index (χ1) is 1.91. The second kappa shape index (κ2) is 8.99. The van der Waals surface area contributed by atoms with E-state index in [2.05, 4.69) is 0 Å². The van der Waals surface area contributed by atoms with Crippen molar-refractivity contribution in [3.8, 4) is 0 Å². The number of halogens is 1. The molecule has 2 heteroatoms. The number of rotatable bonds is 1. The first-order valence-electron chi connectivity index (χ1n) is 1.47. The van der Waals surface area contributed by atoms with Crippen LogP contribution in [0.25, 0.3) is 0 Å². The Morgan fingerprint density at radius 3 is 1.80 bits per heavy atom. The summed E-state index contributed by atoms with van der Waals surface area (Å²) in [4.78, 5) is 0. The van der Waals surface area contributed by atoms with E-state index in [4.69, 9.17) is 11.6 Å². The van der Waals surface area contributed by atoms with Crippen molar-refractivity contribution in [1.82, 2.24) is 0 Å². The third-order valence-electron chi connectivity index (χ3n) is 0.189. The van der Waals surface area contributed by atoms with Crippen molar-refractivity contribution >= 4 is 41.2 Å². The Hall–Kier alpha value is 1.29. The summed E-state index contributed by atoms with van der Waals surface area (Å²) >= 11 is 5.19. The Bertz CT molecular complexity index is 8.85. The molecule has 0 saturated heterocycles. The normalized spacial score (nSPS) is 6.00. The molecule has 0 nitrogen and oxygen atoms in total. The van der Waals surface area contributed by atoms with Crippen LogP contribution >= 0.6 is 11.6 Å². The minimum absolute atomic E-state index is 0. The third-order valence-corrected chi connectivity index (χ3v) is 0.567. The van der Waals surface area contributed by atoms with Crippen LogP contribution in [0.3, 0.4) is 0 Å². The molecule has 0 fully saturated rings. The topological polar surface area (TPSA) is 0 Å². The van der Waals surface area contributed by atoms with Crippen LogP contribution in [-0.2, 0) is 0 Å². The van der Waals surface area contributed by atoms with E-state index < -0.39 is 0 Å². The van der Waals surface area contributed by atoms with Crippen molar-refractivity contribution in [3.63, 3.8) is 0 Å². The monoisotopic (exact) mass is 101 g/mol. The van der Waals surface area contributed by atoms with Gasteiger partial charge in [-0.25, -0.2) is 0 Å². The summed E-state index contributed by atoms with van der Waals surface area (Å²) in [6, 6.07) is 0. The van der Waals surface area contributed by atoms with Crippen LogP contribution in [0.15, 0.2) is 0 Å². The van der Waals surface area contributed by atoms with Gasteiger partial charge in [-0.3, -0.25) is 0 Å². The summed E-state index contributed by atoms with van der Waals surface area (Å²) in [6.07, 6.45) is 1.08. The zero-order valence-electron chi connectivity index (χ0n) is 3.79. The zero-order valence-corrected chi connectivity index (χ0v) is 6.55. The minimum atomic E-state index is 0. The van der Waals surface area contributed by atoms with Gasteiger partial charge in [0.05, 0.1) is 0 Å². The molecule has 5 heavy (non-hydrogen) atoms. The third kappa shape index (κ3) is 10.9. The molecule has 0 amide bonds. The van der Waals surface area contributed by atoms with Crippen LogP contribution in [0.5, 0.6) is 0 Å². The van der Waals surface area contributed by atoms with Crippen LogP contribution in [0, 0.1) is 0 Å². The molecule has 0 bridgehead atoms. The van der Waals surface area contributed by atoms with Crippen LogP contribution in [-0.4, -0.2) is 35.4 Å². The molecule has 0 N–H and O–H groups in total. The van der Waals surface area contributed by atoms with Gasteiger partial charge in [-0.1, -0.05) is 6.92 Å². The molecular weight excluding hydrogens is 94.5 g/mol. The van der Waals surface area contributed by atoms with E-state index in [0.29, 0.717) is 0 Å². The molecule has 0 aromatic rings. The Balaban J connectivity index is 0. The van der Waals surface area contributed by atoms with Crippen LogP contribution in [0.2, 0.25) is 0 Å². The molecule has 1 radical (unpaired) electrons. The molecule has 0 atom stereocenters. The van der Waals surface area contributed by atoms with E-state index in [1.54, 1.807) is 0 Å². The van der Waals surface area contributed by atoms with E-state index in [1.165, 1.54) is 0 Å². The van der Waals surface area contributed by atoms with Crippen molar-refractivity contribution in [2.24, 2.45) is 0 Å². The van der Waals surface area contributed by atoms with Crippen LogP contribution in [0.1, 0.15) is 13.3 Å². The van der Waals surface area contributed by atoms with E-state index in [0.717, 1.165) is 12.3 Å². The molecule has 0 aliphatic carbocycles. The molecule has 27 valence electrons. The Labute approximate surface area is 60.2 Å². The van der Waals surface area contributed by atoms with Crippen molar-refractivity contribution in [1.29, 1.82) is 0 Å². The molecule has 0 saturated carbocycles. The van der Waals surface area contributed by atoms with Gasteiger partial charge < -0.3 is 0 Å². The fourth-order valence-corrected chi connectivity index (χ4v) is 0. The van der Waals surface area contributed by atoms with Gasteiger partial charge >= 0.3 is 0 Å². The summed E-state index contributed by atoms with van der Waals surface area (Å²) < 4.78 is 0. The molecule has 0 aliphatic heterocycles. The fraction of sp³-hybridized carbons (Fsp3) is 1.00. The van der Waals surface area contributed by atoms with E-state index >= 15 is 0 Å². The van der Waals surface area contributed by atoms with Gasteiger partial charge in [0.2, 0.25) is 0 Å². The Morgan fingerprint density at radius 1 is 1.60 bits per heavy atom. The zero-order chi connectivity index (χ0) is 3.41. The van der Waals surface area contributed by atoms with Gasteiger partial charge in [0.25, 0.3) is 0 Å². The predicted octanol–water partition coefficient (Wildman–Crippen LogP) is 1.25. The van der Waals surface area contributed by atoms with Crippen molar-refractivity contribution in [2.45, 2.75) is 13.3 Å². The molecule has 0 rings (SSSR count). The quantitative estimate of drug-likeness (QED) is 0.345. The minimum Gasteiger partial charge on any atom is -0.127 e. The standard InChI is InChI=1S/C3H7Cl.Na/c1-2-3-4;/h2-3H2,1H3;. The van der Waals surface area contributed by atoms with E-state index in [9.17, 15) is 0 Å². The van der Waals surface area contributed by atoms with Gasteiger partial charge in [-0.05, 0) is 6.42 Å². The molecule has 0 spiro atoms. The Kier molecular flexibility index (Phi) is 17.2. The van der Waals surface area contributed by atoms with Crippen LogP contribution < -0.4 is 0 Å². The van der Waals surface area contributed by atoms with Gasteiger partial charge in [0.1, 0.15) is 0 Å². The molecule has 0 aromatic heterocycles. The first-order valence-corrected chi connectivity index (χ1v) is 2.01. The maximum absolute atomic E-state index is 5.19. The van der Waals surface area contributed by atoms with Crippen molar-refractivity contribution in [3.05, 3.63) is 0 Å². The Morgan fingerprint density at radius 2 is 1.80 bits per heavy atom. The number of hydrogen-bond acceptors (Lipinski definition) is 0. The number of alkyl halides is 1. The molecule has 0 aliphatic rings. The molecule has 0 heterocycles. The van der Waals surface area contributed by atoms with Gasteiger partial charge in [0, 0.05) is 35.4 Å². The predicted molar refractivity (Wildman–Crippen MR) is 26.8 cm³/mol. The fourth-order valence-electron chi connectivity index (χ4n) is 0. The summed E-state index contributed by atoms with van der Waals surface area (Å²) in [5.74, 6) is 0.792. The second-order valence-electron chi connectivity index (χ2n) is 0.689. The SMILES string of the molecule is CCCCl.[Na]. The summed E-state index contributed by atoms with van der Waals surface area (Å²) in [7, 11) is 0. The van der Waals surface area contributed by atoms with Gasteiger partial charge in [0.15, 0.2) is 0 Å². The number of hydrogen-bond donors (Lipinski definition) is 0. The van der Waals surface area contributed by atoms with Crippen LogP contribution in [0.4, 0.5) is 0 Å². The second-order valence-corrected chi connectivity index (χ2v) is 1.07. The van der Waals surface area contributed by atoms with E-state index in [-0.39, 0.29) is 29.6 Å². The molecule has 0 unspecified atom stereocenters. The smallest absolute Gasteiger partial charge is 0.0220 e. The van der Waals surface area contributed by atoms with Crippen molar-refractivity contribution < 1.29 is 0 Å². The summed E-state index contributed by atoms with van der Waals surface area (Å²) in [6.45, 7) is 2.05. The maximum atomic E-state index is 5.19. The largest absolute Gasteiger partial charge is 0.127 e. The summed E-state index contributed by atoms with van der Waals surface area (Å²) in [5, 5.41) is 0. The first kappa shape index (κ1) is 9.56. The van der Waals surface area contributed by atoms with Gasteiger partial charge in [-0.2, -0.15) is 0 Å². The van der Waals surface area contributed by atoms with Gasteiger partial charge in [-0.15, -0.1) is 11.6 Å².